The van der Waals surface area contributed by atoms with Crippen LogP contribution in [0.5, 0.6) is 0 Å². The third-order valence-electron chi connectivity index (χ3n) is 3.19. The number of methoxy groups -OCH3 is 1. The van der Waals surface area contributed by atoms with Crippen molar-refractivity contribution in [1.29, 1.82) is 0 Å². The fraction of sp³-hybridized carbons (Fsp3) is 0.643. The largest absolute Gasteiger partial charge is 0.467 e. The number of amides is 1. The summed E-state index contributed by atoms with van der Waals surface area (Å²) in [5.41, 5.74) is 0.937. The molecule has 1 amide bonds. The number of halogens is 1. The molecule has 0 fully saturated rings. The van der Waals surface area contributed by atoms with Gasteiger partial charge in [0.25, 0.3) is 0 Å². The van der Waals surface area contributed by atoms with E-state index in [9.17, 15) is 9.59 Å². The van der Waals surface area contributed by atoms with Gasteiger partial charge in [-0.1, -0.05) is 32.4 Å². The molecule has 0 spiro atoms. The van der Waals surface area contributed by atoms with Crippen LogP contribution in [0.4, 0.5) is 0 Å². The van der Waals surface area contributed by atoms with Gasteiger partial charge in [0.15, 0.2) is 0 Å². The molecule has 1 unspecified atom stereocenters. The highest BCUT2D eigenvalue weighted by Crippen LogP contribution is 2.21. The van der Waals surface area contributed by atoms with Crippen molar-refractivity contribution in [3.05, 3.63) is 16.4 Å². The second kappa shape index (κ2) is 6.47. The molecule has 1 rings (SSSR count). The molecule has 1 atom stereocenters. The van der Waals surface area contributed by atoms with Crippen LogP contribution >= 0.6 is 11.6 Å². The summed E-state index contributed by atoms with van der Waals surface area (Å²) in [6, 6.07) is -0.720. The summed E-state index contributed by atoms with van der Waals surface area (Å²) in [6.45, 7) is 9.13. The van der Waals surface area contributed by atoms with E-state index in [0.29, 0.717) is 10.7 Å². The van der Waals surface area contributed by atoms with Crippen LogP contribution in [0.25, 0.3) is 0 Å². The van der Waals surface area contributed by atoms with Crippen molar-refractivity contribution < 1.29 is 14.3 Å². The Hall–Kier alpha value is -1.56. The highest BCUT2D eigenvalue weighted by Gasteiger charge is 2.33. The molecule has 6 nitrogen and oxygen atoms in total. The standard InChI is InChI=1S/C14H22ClN3O3/c1-8-11(15)9(2)18(17-8)7-10(19)16-12(13(20)21-6)14(3,4)5/h12H,7H2,1-6H3,(H,16,19). The lowest BCUT2D eigenvalue weighted by atomic mass is 9.86. The first kappa shape index (κ1) is 17.5. The molecule has 1 N–H and O–H groups in total. The van der Waals surface area contributed by atoms with E-state index in [1.165, 1.54) is 11.8 Å². The molecule has 0 saturated carbocycles. The van der Waals surface area contributed by atoms with E-state index in [2.05, 4.69) is 10.4 Å². The number of carbonyl (C=O) groups excluding carboxylic acids is 2. The lowest BCUT2D eigenvalue weighted by Crippen LogP contribution is -2.50. The fourth-order valence-electron chi connectivity index (χ4n) is 1.92. The van der Waals surface area contributed by atoms with Crippen molar-refractivity contribution in [2.75, 3.05) is 7.11 Å². The zero-order chi connectivity index (χ0) is 16.4. The van der Waals surface area contributed by atoms with Crippen LogP contribution < -0.4 is 5.32 Å². The maximum absolute atomic E-state index is 12.1. The quantitative estimate of drug-likeness (QED) is 0.861. The van der Waals surface area contributed by atoms with Gasteiger partial charge in [-0.3, -0.25) is 9.48 Å². The Kier molecular flexibility index (Phi) is 5.39. The monoisotopic (exact) mass is 315 g/mol. The summed E-state index contributed by atoms with van der Waals surface area (Å²) >= 11 is 6.04. The molecule has 0 radical (unpaired) electrons. The molecule has 1 heterocycles. The van der Waals surface area contributed by atoms with Gasteiger partial charge >= 0.3 is 5.97 Å². The first-order chi connectivity index (χ1) is 9.57. The zero-order valence-electron chi connectivity index (χ0n) is 13.3. The second-order valence-electron chi connectivity index (χ2n) is 6.03. The molecule has 1 aromatic heterocycles. The van der Waals surface area contributed by atoms with E-state index in [-0.39, 0.29) is 12.5 Å². The Labute approximate surface area is 129 Å². The van der Waals surface area contributed by atoms with Crippen LogP contribution in [0.3, 0.4) is 0 Å². The summed E-state index contributed by atoms with van der Waals surface area (Å²) in [7, 11) is 1.30. The molecule has 0 aliphatic heterocycles. The van der Waals surface area contributed by atoms with Gasteiger partial charge in [-0.25, -0.2) is 4.79 Å². The first-order valence-corrected chi connectivity index (χ1v) is 7.02. The van der Waals surface area contributed by atoms with Crippen molar-refractivity contribution in [1.82, 2.24) is 15.1 Å². The van der Waals surface area contributed by atoms with Crippen molar-refractivity contribution in [3.8, 4) is 0 Å². The van der Waals surface area contributed by atoms with Gasteiger partial charge in [-0.05, 0) is 19.3 Å². The van der Waals surface area contributed by atoms with E-state index in [1.54, 1.807) is 13.8 Å². The average molecular weight is 316 g/mol. The number of nitrogens with one attached hydrogen (secondary N) is 1. The summed E-state index contributed by atoms with van der Waals surface area (Å²) in [6.07, 6.45) is 0. The number of aromatic nitrogens is 2. The molecule has 0 aromatic carbocycles. The Balaban J connectivity index is 2.84. The molecule has 0 aliphatic rings. The minimum absolute atomic E-state index is 0.00294. The summed E-state index contributed by atoms with van der Waals surface area (Å²) < 4.78 is 6.26. The third-order valence-corrected chi connectivity index (χ3v) is 3.74. The molecular weight excluding hydrogens is 294 g/mol. The van der Waals surface area contributed by atoms with Gasteiger partial charge in [0.2, 0.25) is 5.91 Å². The number of carbonyl (C=O) groups is 2. The van der Waals surface area contributed by atoms with Crippen LogP contribution in [0.15, 0.2) is 0 Å². The minimum Gasteiger partial charge on any atom is -0.467 e. The van der Waals surface area contributed by atoms with Crippen molar-refractivity contribution in [3.63, 3.8) is 0 Å². The Morgan fingerprint density at radius 1 is 1.38 bits per heavy atom. The van der Waals surface area contributed by atoms with Crippen LogP contribution in [-0.2, 0) is 20.9 Å². The Morgan fingerprint density at radius 3 is 2.33 bits per heavy atom. The van der Waals surface area contributed by atoms with E-state index in [0.717, 1.165) is 5.69 Å². The molecule has 21 heavy (non-hydrogen) atoms. The lowest BCUT2D eigenvalue weighted by Gasteiger charge is -2.29. The van der Waals surface area contributed by atoms with Crippen LogP contribution in [0.1, 0.15) is 32.2 Å². The highest BCUT2D eigenvalue weighted by atomic mass is 35.5. The molecule has 1 aromatic rings. The fourth-order valence-corrected chi connectivity index (χ4v) is 2.05. The lowest BCUT2D eigenvalue weighted by molar-refractivity contribution is -0.148. The van der Waals surface area contributed by atoms with Crippen LogP contribution in [-0.4, -0.2) is 34.8 Å². The molecule has 0 bridgehead atoms. The van der Waals surface area contributed by atoms with Crippen LogP contribution in [0.2, 0.25) is 5.02 Å². The normalized spacial score (nSPS) is 12.9. The van der Waals surface area contributed by atoms with Gasteiger partial charge in [-0.2, -0.15) is 5.10 Å². The van der Waals surface area contributed by atoms with E-state index in [4.69, 9.17) is 16.3 Å². The number of nitrogens with zero attached hydrogens (tertiary/aromatic N) is 2. The maximum atomic E-state index is 12.1. The van der Waals surface area contributed by atoms with Crippen LogP contribution in [0, 0.1) is 19.3 Å². The predicted octanol–water partition coefficient (Wildman–Crippen LogP) is 1.86. The molecular formula is C14H22ClN3O3. The number of esters is 1. The smallest absolute Gasteiger partial charge is 0.328 e. The Morgan fingerprint density at radius 2 is 1.95 bits per heavy atom. The van der Waals surface area contributed by atoms with Crippen molar-refractivity contribution in [2.45, 2.75) is 47.2 Å². The summed E-state index contributed by atoms with van der Waals surface area (Å²) in [5.74, 6) is -0.787. The van der Waals surface area contributed by atoms with E-state index >= 15 is 0 Å². The number of ether oxygens (including phenoxy) is 1. The SMILES string of the molecule is COC(=O)C(NC(=O)Cn1nc(C)c(Cl)c1C)C(C)(C)C. The number of rotatable bonds is 4. The van der Waals surface area contributed by atoms with Gasteiger partial charge < -0.3 is 10.1 Å². The topological polar surface area (TPSA) is 73.2 Å². The average Bonchev–Trinajstić information content (AvgIpc) is 2.61. The number of hydrogen-bond donors (Lipinski definition) is 1. The molecule has 118 valence electrons. The van der Waals surface area contributed by atoms with Crippen molar-refractivity contribution in [2.24, 2.45) is 5.41 Å². The minimum atomic E-state index is -0.720. The van der Waals surface area contributed by atoms with Gasteiger partial charge in [0.05, 0.1) is 23.5 Å². The van der Waals surface area contributed by atoms with Gasteiger partial charge in [0, 0.05) is 0 Å². The van der Waals surface area contributed by atoms with Gasteiger partial charge in [-0.15, -0.1) is 0 Å². The Bertz CT molecular complexity index is 546. The molecule has 0 saturated heterocycles. The predicted molar refractivity (Wildman–Crippen MR) is 80.1 cm³/mol. The summed E-state index contributed by atoms with van der Waals surface area (Å²) in [4.78, 5) is 23.9. The zero-order valence-corrected chi connectivity index (χ0v) is 14.0. The van der Waals surface area contributed by atoms with E-state index in [1.807, 2.05) is 20.8 Å². The van der Waals surface area contributed by atoms with E-state index < -0.39 is 17.4 Å². The number of hydrogen-bond acceptors (Lipinski definition) is 4. The third kappa shape index (κ3) is 4.20. The highest BCUT2D eigenvalue weighted by molar-refractivity contribution is 6.31. The van der Waals surface area contributed by atoms with Crippen molar-refractivity contribution >= 4 is 23.5 Å². The second-order valence-corrected chi connectivity index (χ2v) is 6.41. The van der Waals surface area contributed by atoms with Gasteiger partial charge in [0.1, 0.15) is 12.6 Å². The molecule has 7 heteroatoms. The summed E-state index contributed by atoms with van der Waals surface area (Å²) in [5, 5.41) is 7.43. The molecule has 0 aliphatic carbocycles. The maximum Gasteiger partial charge on any atom is 0.328 e. The first-order valence-electron chi connectivity index (χ1n) is 6.64. The number of aryl methyl sites for hydroxylation is 1.